The summed E-state index contributed by atoms with van der Waals surface area (Å²) in [6.45, 7) is 1.80. The Hall–Kier alpha value is -3.12. The quantitative estimate of drug-likeness (QED) is 0.664. The molecule has 6 nitrogen and oxygen atoms in total. The maximum atomic E-state index is 12.6. The molecule has 2 atom stereocenters. The van der Waals surface area contributed by atoms with Gasteiger partial charge in [0, 0.05) is 5.69 Å². The molecule has 4 rings (SSSR count). The van der Waals surface area contributed by atoms with Gasteiger partial charge >= 0.3 is 0 Å². The minimum absolute atomic E-state index is 0.161. The number of aliphatic hydroxyl groups is 1. The molecular formula is C23H24N2O4. The predicted octanol–water partition coefficient (Wildman–Crippen LogP) is 4.58. The average Bonchev–Trinajstić information content (AvgIpc) is 3.26. The summed E-state index contributed by atoms with van der Waals surface area (Å²) in [5.41, 5.74) is 2.49. The molecular weight excluding hydrogens is 368 g/mol. The largest absolute Gasteiger partial charge is 0.488 e. The number of carbonyl (C=O) groups is 1. The van der Waals surface area contributed by atoms with E-state index in [0.29, 0.717) is 34.1 Å². The summed E-state index contributed by atoms with van der Waals surface area (Å²) in [4.78, 5) is 17.1. The number of amides is 1. The number of aryl methyl sites for hydroxylation is 1. The topological polar surface area (TPSA) is 84.6 Å². The molecule has 2 aromatic heterocycles. The zero-order valence-corrected chi connectivity index (χ0v) is 16.3. The molecule has 3 aromatic rings. The van der Waals surface area contributed by atoms with Crippen molar-refractivity contribution in [3.8, 4) is 17.2 Å². The second-order valence-corrected chi connectivity index (χ2v) is 7.29. The van der Waals surface area contributed by atoms with Gasteiger partial charge in [0.1, 0.15) is 17.5 Å². The zero-order chi connectivity index (χ0) is 20.2. The maximum absolute atomic E-state index is 12.6. The lowest BCUT2D eigenvalue weighted by atomic mass is 9.95. The van der Waals surface area contributed by atoms with E-state index in [9.17, 15) is 9.90 Å². The van der Waals surface area contributed by atoms with E-state index in [2.05, 4.69) is 10.3 Å². The Kier molecular flexibility index (Phi) is 5.62. The highest BCUT2D eigenvalue weighted by molar-refractivity contribution is 6.05. The van der Waals surface area contributed by atoms with Crippen LogP contribution in [0.15, 0.2) is 59.2 Å². The summed E-state index contributed by atoms with van der Waals surface area (Å²) >= 11 is 0. The Morgan fingerprint density at radius 2 is 1.93 bits per heavy atom. The van der Waals surface area contributed by atoms with Crippen LogP contribution in [0, 0.1) is 6.92 Å². The number of furan rings is 1. The molecule has 0 radical (unpaired) electrons. The lowest BCUT2D eigenvalue weighted by Gasteiger charge is -2.28. The molecule has 0 aliphatic heterocycles. The molecule has 1 aliphatic carbocycles. The number of hydrogen-bond donors (Lipinski definition) is 2. The number of pyridine rings is 1. The third-order valence-corrected chi connectivity index (χ3v) is 5.17. The number of benzene rings is 1. The van der Waals surface area contributed by atoms with Gasteiger partial charge in [-0.25, -0.2) is 4.98 Å². The van der Waals surface area contributed by atoms with Crippen LogP contribution in [0.5, 0.6) is 5.75 Å². The monoisotopic (exact) mass is 392 g/mol. The minimum Gasteiger partial charge on any atom is -0.488 e. The molecule has 150 valence electrons. The minimum atomic E-state index is -0.414. The van der Waals surface area contributed by atoms with Gasteiger partial charge in [-0.1, -0.05) is 6.42 Å². The predicted molar refractivity (Wildman–Crippen MR) is 110 cm³/mol. The van der Waals surface area contributed by atoms with Gasteiger partial charge in [-0.15, -0.1) is 0 Å². The van der Waals surface area contributed by atoms with E-state index in [-0.39, 0.29) is 12.0 Å². The number of anilines is 1. The van der Waals surface area contributed by atoms with Crippen LogP contribution in [0.1, 0.15) is 41.7 Å². The standard InChI is InChI=1S/C23H24N2O4/c1-15-18(12-13-19(24-15)21-7-4-14-28-21)23(27)25-16-8-10-17(11-9-16)29-22-6-3-2-5-20(22)26/h4,7-14,20,22,26H,2-3,5-6H2,1H3,(H,25,27)/t20-,22-/m1/s1. The third-order valence-electron chi connectivity index (χ3n) is 5.17. The molecule has 6 heteroatoms. The first-order valence-corrected chi connectivity index (χ1v) is 9.88. The summed E-state index contributed by atoms with van der Waals surface area (Å²) < 4.78 is 11.3. The summed E-state index contributed by atoms with van der Waals surface area (Å²) in [6, 6.07) is 14.4. The van der Waals surface area contributed by atoms with Gasteiger partial charge in [-0.05, 0) is 74.7 Å². The molecule has 2 heterocycles. The van der Waals surface area contributed by atoms with E-state index < -0.39 is 6.10 Å². The second-order valence-electron chi connectivity index (χ2n) is 7.29. The van der Waals surface area contributed by atoms with Crippen LogP contribution in [0.3, 0.4) is 0 Å². The maximum Gasteiger partial charge on any atom is 0.257 e. The van der Waals surface area contributed by atoms with Crippen LogP contribution >= 0.6 is 0 Å². The number of nitrogens with one attached hydrogen (secondary N) is 1. The van der Waals surface area contributed by atoms with Gasteiger partial charge in [0.25, 0.3) is 5.91 Å². The van der Waals surface area contributed by atoms with Gasteiger partial charge in [0.15, 0.2) is 5.76 Å². The van der Waals surface area contributed by atoms with Crippen molar-refractivity contribution in [3.05, 3.63) is 66.1 Å². The first-order chi connectivity index (χ1) is 14.1. The van der Waals surface area contributed by atoms with Crippen molar-refractivity contribution in [2.45, 2.75) is 44.8 Å². The number of aromatic nitrogens is 1. The van der Waals surface area contributed by atoms with E-state index in [1.54, 1.807) is 43.5 Å². The van der Waals surface area contributed by atoms with Crippen LogP contribution in [-0.2, 0) is 0 Å². The number of carbonyl (C=O) groups excluding carboxylic acids is 1. The fraction of sp³-hybridized carbons (Fsp3) is 0.304. The molecule has 0 spiro atoms. The molecule has 0 saturated heterocycles. The molecule has 0 unspecified atom stereocenters. The number of nitrogens with zero attached hydrogens (tertiary/aromatic N) is 1. The molecule has 1 amide bonds. The molecule has 1 aliphatic rings. The fourth-order valence-corrected chi connectivity index (χ4v) is 3.57. The molecule has 1 fully saturated rings. The third kappa shape index (κ3) is 4.49. The first kappa shape index (κ1) is 19.2. The molecule has 0 bridgehead atoms. The number of aliphatic hydroxyl groups excluding tert-OH is 1. The summed E-state index contributed by atoms with van der Waals surface area (Å²) in [7, 11) is 0. The normalized spacial score (nSPS) is 19.0. The lowest BCUT2D eigenvalue weighted by molar-refractivity contribution is 0.00688. The smallest absolute Gasteiger partial charge is 0.257 e. The van der Waals surface area contributed by atoms with Crippen molar-refractivity contribution in [1.29, 1.82) is 0 Å². The van der Waals surface area contributed by atoms with Crippen LogP contribution in [0.4, 0.5) is 5.69 Å². The van der Waals surface area contributed by atoms with E-state index in [1.807, 2.05) is 18.2 Å². The Bertz CT molecular complexity index is 967. The Morgan fingerprint density at radius 3 is 2.62 bits per heavy atom. The van der Waals surface area contributed by atoms with Gasteiger partial charge < -0.3 is 19.6 Å². The molecule has 1 aromatic carbocycles. The van der Waals surface area contributed by atoms with Gasteiger partial charge in [-0.2, -0.15) is 0 Å². The second kappa shape index (κ2) is 8.49. The summed E-state index contributed by atoms with van der Waals surface area (Å²) in [6.07, 6.45) is 4.78. The Morgan fingerprint density at radius 1 is 1.14 bits per heavy atom. The lowest BCUT2D eigenvalue weighted by Crippen LogP contribution is -2.34. The highest BCUT2D eigenvalue weighted by Crippen LogP contribution is 2.25. The number of ether oxygens (including phenoxy) is 1. The van der Waals surface area contributed by atoms with Gasteiger partial charge in [0.05, 0.1) is 23.6 Å². The van der Waals surface area contributed by atoms with Crippen molar-refractivity contribution in [1.82, 2.24) is 4.98 Å². The summed E-state index contributed by atoms with van der Waals surface area (Å²) in [5.74, 6) is 1.13. The molecule has 1 saturated carbocycles. The molecule has 2 N–H and O–H groups in total. The van der Waals surface area contributed by atoms with E-state index in [0.717, 1.165) is 25.7 Å². The zero-order valence-electron chi connectivity index (χ0n) is 16.3. The first-order valence-electron chi connectivity index (χ1n) is 9.88. The van der Waals surface area contributed by atoms with Gasteiger partial charge in [0.2, 0.25) is 0 Å². The van der Waals surface area contributed by atoms with E-state index >= 15 is 0 Å². The Balaban J connectivity index is 1.40. The van der Waals surface area contributed by atoms with Crippen LogP contribution in [0.2, 0.25) is 0 Å². The van der Waals surface area contributed by atoms with Crippen molar-refractivity contribution in [3.63, 3.8) is 0 Å². The summed E-state index contributed by atoms with van der Waals surface area (Å²) in [5, 5.41) is 12.9. The SMILES string of the molecule is Cc1nc(-c2ccco2)ccc1C(=O)Nc1ccc(O[C@@H]2CCCC[C@H]2O)cc1. The van der Waals surface area contributed by atoms with Crippen molar-refractivity contribution in [2.75, 3.05) is 5.32 Å². The van der Waals surface area contributed by atoms with Crippen LogP contribution < -0.4 is 10.1 Å². The highest BCUT2D eigenvalue weighted by Gasteiger charge is 2.24. The molecule has 29 heavy (non-hydrogen) atoms. The fourth-order valence-electron chi connectivity index (χ4n) is 3.57. The Labute approximate surface area is 169 Å². The van der Waals surface area contributed by atoms with Crippen LogP contribution in [0.25, 0.3) is 11.5 Å². The number of hydrogen-bond acceptors (Lipinski definition) is 5. The average molecular weight is 392 g/mol. The van der Waals surface area contributed by atoms with E-state index in [4.69, 9.17) is 9.15 Å². The van der Waals surface area contributed by atoms with Crippen molar-refractivity contribution in [2.24, 2.45) is 0 Å². The van der Waals surface area contributed by atoms with Gasteiger partial charge in [-0.3, -0.25) is 4.79 Å². The highest BCUT2D eigenvalue weighted by atomic mass is 16.5. The van der Waals surface area contributed by atoms with Crippen LogP contribution in [-0.4, -0.2) is 28.2 Å². The number of rotatable bonds is 5. The van der Waals surface area contributed by atoms with Crippen molar-refractivity contribution >= 4 is 11.6 Å². The van der Waals surface area contributed by atoms with E-state index in [1.165, 1.54) is 0 Å². The van der Waals surface area contributed by atoms with Crippen molar-refractivity contribution < 1.29 is 19.1 Å².